The summed E-state index contributed by atoms with van der Waals surface area (Å²) in [6.07, 6.45) is 0.0341. The predicted octanol–water partition coefficient (Wildman–Crippen LogP) is 0.577. The van der Waals surface area contributed by atoms with Crippen molar-refractivity contribution in [3.63, 3.8) is 0 Å². The topological polar surface area (TPSA) is 75.7 Å². The van der Waals surface area contributed by atoms with Gasteiger partial charge in [0, 0.05) is 20.1 Å². The molecule has 18 heavy (non-hydrogen) atoms. The first-order valence-corrected chi connectivity index (χ1v) is 7.63. The molecule has 1 aromatic heterocycles. The molecule has 0 bridgehead atoms. The van der Waals surface area contributed by atoms with E-state index in [9.17, 15) is 13.2 Å². The van der Waals surface area contributed by atoms with Gasteiger partial charge >= 0.3 is 5.97 Å². The molecular formula is C10H16N2O4S2. The highest BCUT2D eigenvalue weighted by atomic mass is 32.2. The van der Waals surface area contributed by atoms with Gasteiger partial charge in [-0.1, -0.05) is 0 Å². The molecule has 0 aromatic carbocycles. The van der Waals surface area contributed by atoms with Crippen LogP contribution in [-0.4, -0.2) is 39.4 Å². The van der Waals surface area contributed by atoms with Gasteiger partial charge in [0.2, 0.25) is 0 Å². The fraction of sp³-hybridized carbons (Fsp3) is 0.500. The molecule has 0 saturated carbocycles. The van der Waals surface area contributed by atoms with Crippen LogP contribution < -0.4 is 4.72 Å². The highest BCUT2D eigenvalue weighted by molar-refractivity contribution is 7.87. The average Bonchev–Trinajstić information content (AvgIpc) is 2.86. The lowest BCUT2D eigenvalue weighted by molar-refractivity contribution is -0.140. The van der Waals surface area contributed by atoms with Gasteiger partial charge < -0.3 is 4.74 Å². The van der Waals surface area contributed by atoms with Crippen molar-refractivity contribution in [2.24, 2.45) is 0 Å². The molecule has 0 aliphatic rings. The van der Waals surface area contributed by atoms with Crippen LogP contribution in [0.3, 0.4) is 0 Å². The summed E-state index contributed by atoms with van der Waals surface area (Å²) in [4.78, 5) is 10.9. The highest BCUT2D eigenvalue weighted by Crippen LogP contribution is 2.06. The molecule has 1 N–H and O–H groups in total. The summed E-state index contributed by atoms with van der Waals surface area (Å²) in [7, 11) is -0.875. The third kappa shape index (κ3) is 4.73. The molecule has 1 heterocycles. The molecule has 8 heteroatoms. The Kier molecular flexibility index (Phi) is 5.73. The zero-order chi connectivity index (χ0) is 13.6. The van der Waals surface area contributed by atoms with Crippen molar-refractivity contribution in [2.45, 2.75) is 13.0 Å². The van der Waals surface area contributed by atoms with Crippen LogP contribution in [-0.2, 0) is 26.3 Å². The van der Waals surface area contributed by atoms with E-state index in [1.54, 1.807) is 0 Å². The first-order valence-electron chi connectivity index (χ1n) is 5.24. The van der Waals surface area contributed by atoms with Gasteiger partial charge in [0.15, 0.2) is 0 Å². The van der Waals surface area contributed by atoms with Crippen LogP contribution in [0.15, 0.2) is 16.8 Å². The van der Waals surface area contributed by atoms with E-state index in [1.807, 2.05) is 16.8 Å². The summed E-state index contributed by atoms with van der Waals surface area (Å²) in [6.45, 7) is 0.333. The minimum atomic E-state index is -3.56. The zero-order valence-electron chi connectivity index (χ0n) is 10.3. The SMILES string of the molecule is COC(=O)CCN(C)S(=O)(=O)NCc1ccsc1. The lowest BCUT2D eigenvalue weighted by Crippen LogP contribution is -2.38. The molecule has 0 aliphatic carbocycles. The van der Waals surface area contributed by atoms with Crippen LogP contribution in [0.1, 0.15) is 12.0 Å². The van der Waals surface area contributed by atoms with Gasteiger partial charge in [-0.05, 0) is 22.4 Å². The van der Waals surface area contributed by atoms with Crippen molar-refractivity contribution < 1.29 is 17.9 Å². The smallest absolute Gasteiger partial charge is 0.306 e. The van der Waals surface area contributed by atoms with Crippen molar-refractivity contribution in [2.75, 3.05) is 20.7 Å². The van der Waals surface area contributed by atoms with Crippen molar-refractivity contribution in [3.05, 3.63) is 22.4 Å². The lowest BCUT2D eigenvalue weighted by atomic mass is 10.4. The number of hydrogen-bond acceptors (Lipinski definition) is 5. The van der Waals surface area contributed by atoms with Gasteiger partial charge in [0.05, 0.1) is 13.5 Å². The second-order valence-electron chi connectivity index (χ2n) is 3.61. The number of ether oxygens (including phenoxy) is 1. The summed E-state index contributed by atoms with van der Waals surface area (Å²) in [5, 5.41) is 3.75. The fourth-order valence-electron chi connectivity index (χ4n) is 1.15. The monoisotopic (exact) mass is 292 g/mol. The van der Waals surface area contributed by atoms with Gasteiger partial charge in [-0.2, -0.15) is 28.8 Å². The quantitative estimate of drug-likeness (QED) is 0.746. The van der Waals surface area contributed by atoms with Crippen molar-refractivity contribution >= 4 is 27.5 Å². The fourth-order valence-corrected chi connectivity index (χ4v) is 2.72. The van der Waals surface area contributed by atoms with E-state index in [2.05, 4.69) is 9.46 Å². The second kappa shape index (κ2) is 6.83. The predicted molar refractivity (Wildman–Crippen MR) is 69.3 cm³/mol. The van der Waals surface area contributed by atoms with Gasteiger partial charge in [0.1, 0.15) is 0 Å². The Morgan fingerprint density at radius 1 is 1.56 bits per heavy atom. The molecule has 0 spiro atoms. The Balaban J connectivity index is 2.44. The Labute approximate surface area is 111 Å². The highest BCUT2D eigenvalue weighted by Gasteiger charge is 2.18. The molecule has 0 amide bonds. The molecule has 0 unspecified atom stereocenters. The van der Waals surface area contributed by atoms with Crippen LogP contribution in [0, 0.1) is 0 Å². The number of thiophene rings is 1. The number of esters is 1. The number of hydrogen-bond donors (Lipinski definition) is 1. The lowest BCUT2D eigenvalue weighted by Gasteiger charge is -2.16. The van der Waals surface area contributed by atoms with E-state index in [1.165, 1.54) is 25.5 Å². The van der Waals surface area contributed by atoms with Crippen LogP contribution in [0.25, 0.3) is 0 Å². The minimum Gasteiger partial charge on any atom is -0.469 e. The van der Waals surface area contributed by atoms with Crippen LogP contribution in [0.5, 0.6) is 0 Å². The molecule has 1 rings (SSSR count). The molecule has 0 atom stereocenters. The van der Waals surface area contributed by atoms with Crippen LogP contribution in [0.2, 0.25) is 0 Å². The molecule has 0 radical (unpaired) electrons. The molecule has 1 aromatic rings. The summed E-state index contributed by atoms with van der Waals surface area (Å²) < 4.78 is 31.6. The number of methoxy groups -OCH3 is 1. The Morgan fingerprint density at radius 2 is 2.28 bits per heavy atom. The first kappa shape index (κ1) is 15.1. The van der Waals surface area contributed by atoms with E-state index >= 15 is 0 Å². The maximum Gasteiger partial charge on any atom is 0.306 e. The van der Waals surface area contributed by atoms with E-state index < -0.39 is 16.2 Å². The number of nitrogens with one attached hydrogen (secondary N) is 1. The van der Waals surface area contributed by atoms with Gasteiger partial charge in [0.25, 0.3) is 10.2 Å². The Morgan fingerprint density at radius 3 is 2.83 bits per heavy atom. The maximum absolute atomic E-state index is 11.8. The summed E-state index contributed by atoms with van der Waals surface area (Å²) in [5.41, 5.74) is 0.907. The summed E-state index contributed by atoms with van der Waals surface area (Å²) >= 11 is 1.51. The first-order chi connectivity index (χ1) is 8.45. The second-order valence-corrected chi connectivity index (χ2v) is 6.25. The normalized spacial score (nSPS) is 11.7. The maximum atomic E-state index is 11.8. The molecular weight excluding hydrogens is 276 g/mol. The summed E-state index contributed by atoms with van der Waals surface area (Å²) in [6, 6.07) is 1.85. The molecule has 0 aliphatic heterocycles. The summed E-state index contributed by atoms with van der Waals surface area (Å²) in [5.74, 6) is -0.435. The van der Waals surface area contributed by atoms with Crippen molar-refractivity contribution in [1.29, 1.82) is 0 Å². The van der Waals surface area contributed by atoms with E-state index in [4.69, 9.17) is 0 Å². The Bertz CT molecular complexity index is 470. The molecule has 0 saturated heterocycles. The number of nitrogens with zero attached hydrogens (tertiary/aromatic N) is 1. The molecule has 102 valence electrons. The van der Waals surface area contributed by atoms with E-state index in [0.717, 1.165) is 9.87 Å². The molecule has 6 nitrogen and oxygen atoms in total. The third-order valence-electron chi connectivity index (χ3n) is 2.31. The van der Waals surface area contributed by atoms with Crippen molar-refractivity contribution in [3.8, 4) is 0 Å². The Hall–Kier alpha value is -0.960. The number of carbonyl (C=O) groups is 1. The van der Waals surface area contributed by atoms with E-state index in [0.29, 0.717) is 0 Å². The largest absolute Gasteiger partial charge is 0.469 e. The van der Waals surface area contributed by atoms with Crippen molar-refractivity contribution in [1.82, 2.24) is 9.03 Å². The number of carbonyl (C=O) groups excluding carboxylic acids is 1. The minimum absolute atomic E-state index is 0.0341. The van der Waals surface area contributed by atoms with E-state index in [-0.39, 0.29) is 19.5 Å². The average molecular weight is 292 g/mol. The van der Waals surface area contributed by atoms with Gasteiger partial charge in [-0.25, -0.2) is 0 Å². The number of rotatable bonds is 7. The van der Waals surface area contributed by atoms with Crippen LogP contribution in [0.4, 0.5) is 0 Å². The van der Waals surface area contributed by atoms with Gasteiger partial charge in [-0.15, -0.1) is 0 Å². The third-order valence-corrected chi connectivity index (χ3v) is 4.55. The van der Waals surface area contributed by atoms with Gasteiger partial charge in [-0.3, -0.25) is 4.79 Å². The standard InChI is InChI=1S/C10H16N2O4S2/c1-12(5-3-10(13)16-2)18(14,15)11-7-9-4-6-17-8-9/h4,6,8,11H,3,5,7H2,1-2H3. The zero-order valence-corrected chi connectivity index (χ0v) is 11.9. The molecule has 0 fully saturated rings. The van der Waals surface area contributed by atoms with Crippen LogP contribution >= 0.6 is 11.3 Å².